The zero-order chi connectivity index (χ0) is 20.9. The van der Waals surface area contributed by atoms with Crippen LogP contribution in [0.4, 0.5) is 5.69 Å². The van der Waals surface area contributed by atoms with Crippen LogP contribution in [0.1, 0.15) is 22.3 Å². The number of nitrogens with zero attached hydrogens (tertiary/aromatic N) is 2. The maximum atomic E-state index is 12.6. The smallest absolute Gasteiger partial charge is 0.226 e. The minimum absolute atomic E-state index is 0.128. The summed E-state index contributed by atoms with van der Waals surface area (Å²) >= 11 is 0. The number of aryl methyl sites for hydroxylation is 1. The number of piperazine rings is 1. The van der Waals surface area contributed by atoms with Crippen LogP contribution in [0.5, 0.6) is 5.75 Å². The van der Waals surface area contributed by atoms with Gasteiger partial charge in [0.25, 0.3) is 0 Å². The summed E-state index contributed by atoms with van der Waals surface area (Å²) in [6, 6.07) is 19.9. The maximum Gasteiger partial charge on any atom is 0.226 e. The second-order valence-corrected chi connectivity index (χ2v) is 7.64. The predicted octanol–water partition coefficient (Wildman–Crippen LogP) is 4.08. The number of hydrogen-bond acceptors (Lipinski definition) is 4. The van der Waals surface area contributed by atoms with Gasteiger partial charge in [0.1, 0.15) is 12.0 Å². The van der Waals surface area contributed by atoms with Gasteiger partial charge in [0.15, 0.2) is 0 Å². The van der Waals surface area contributed by atoms with Crippen molar-refractivity contribution in [1.82, 2.24) is 4.90 Å². The summed E-state index contributed by atoms with van der Waals surface area (Å²) in [5.41, 5.74) is 2.91. The molecule has 3 aromatic carbocycles. The molecule has 30 heavy (non-hydrogen) atoms. The molecule has 0 aliphatic carbocycles. The Kier molecular flexibility index (Phi) is 5.98. The molecule has 3 aromatic rings. The number of carbonyl (C=O) groups excluding carboxylic acids is 2. The summed E-state index contributed by atoms with van der Waals surface area (Å²) < 4.78 is 5.82. The van der Waals surface area contributed by atoms with Gasteiger partial charge in [-0.05, 0) is 53.6 Å². The molecular formula is C25H26N2O3. The Morgan fingerprint density at radius 2 is 1.73 bits per heavy atom. The molecule has 1 saturated heterocycles. The van der Waals surface area contributed by atoms with Gasteiger partial charge in [-0.2, -0.15) is 0 Å². The fraction of sp³-hybridized carbons (Fsp3) is 0.280. The van der Waals surface area contributed by atoms with Crippen molar-refractivity contribution in [3.63, 3.8) is 0 Å². The van der Waals surface area contributed by atoms with Gasteiger partial charge in [-0.15, -0.1) is 0 Å². The normalized spacial score (nSPS) is 14.0. The highest BCUT2D eigenvalue weighted by Crippen LogP contribution is 2.23. The minimum atomic E-state index is 0.128. The van der Waals surface area contributed by atoms with Crippen LogP contribution in [0.25, 0.3) is 10.8 Å². The Morgan fingerprint density at radius 1 is 0.967 bits per heavy atom. The average molecular weight is 402 g/mol. The highest BCUT2D eigenvalue weighted by atomic mass is 16.5. The van der Waals surface area contributed by atoms with Crippen LogP contribution in [0.15, 0.2) is 60.7 Å². The summed E-state index contributed by atoms with van der Waals surface area (Å²) in [4.78, 5) is 27.7. The first-order valence-electron chi connectivity index (χ1n) is 10.3. The molecule has 0 unspecified atom stereocenters. The van der Waals surface area contributed by atoms with Gasteiger partial charge >= 0.3 is 0 Å². The third-order valence-corrected chi connectivity index (χ3v) is 5.64. The number of rotatable bonds is 6. The molecule has 0 atom stereocenters. The van der Waals surface area contributed by atoms with Crippen molar-refractivity contribution in [3.8, 4) is 5.75 Å². The van der Waals surface area contributed by atoms with Crippen LogP contribution in [0, 0.1) is 6.92 Å². The van der Waals surface area contributed by atoms with Gasteiger partial charge in [-0.3, -0.25) is 9.59 Å². The van der Waals surface area contributed by atoms with Gasteiger partial charge in [-0.25, -0.2) is 0 Å². The molecule has 0 aromatic heterocycles. The van der Waals surface area contributed by atoms with Crippen molar-refractivity contribution in [2.75, 3.05) is 37.7 Å². The van der Waals surface area contributed by atoms with E-state index in [-0.39, 0.29) is 5.91 Å². The fourth-order valence-electron chi connectivity index (χ4n) is 3.98. The topological polar surface area (TPSA) is 49.9 Å². The largest absolute Gasteiger partial charge is 0.493 e. The van der Waals surface area contributed by atoms with Crippen LogP contribution >= 0.6 is 0 Å². The number of benzene rings is 3. The molecule has 0 saturated carbocycles. The van der Waals surface area contributed by atoms with E-state index in [4.69, 9.17) is 4.74 Å². The van der Waals surface area contributed by atoms with Crippen molar-refractivity contribution in [2.45, 2.75) is 13.3 Å². The van der Waals surface area contributed by atoms with E-state index in [1.54, 1.807) is 0 Å². The Bertz CT molecular complexity index is 1060. The lowest BCUT2D eigenvalue weighted by atomic mass is 10.1. The summed E-state index contributed by atoms with van der Waals surface area (Å²) in [5.74, 6) is 0.920. The second kappa shape index (κ2) is 8.99. The number of amides is 1. The Hall–Kier alpha value is -3.34. The Balaban J connectivity index is 1.26. The third kappa shape index (κ3) is 4.46. The summed E-state index contributed by atoms with van der Waals surface area (Å²) in [7, 11) is 0. The van der Waals surface area contributed by atoms with Crippen molar-refractivity contribution in [1.29, 1.82) is 0 Å². The Labute approximate surface area is 176 Å². The van der Waals surface area contributed by atoms with E-state index < -0.39 is 0 Å². The van der Waals surface area contributed by atoms with Gasteiger partial charge in [0.05, 0.1) is 13.0 Å². The third-order valence-electron chi connectivity index (χ3n) is 5.64. The van der Waals surface area contributed by atoms with Gasteiger partial charge in [0.2, 0.25) is 5.91 Å². The SMILES string of the molecule is Cc1cc(C=O)ccc1N1CCN(C(=O)CCOc2ccc3ccccc3c2)CC1. The molecule has 1 heterocycles. The number of aldehydes is 1. The van der Waals surface area contributed by atoms with Gasteiger partial charge in [-0.1, -0.05) is 30.3 Å². The molecule has 1 aliphatic rings. The molecule has 1 fully saturated rings. The van der Waals surface area contributed by atoms with Gasteiger partial charge < -0.3 is 14.5 Å². The lowest BCUT2D eigenvalue weighted by Crippen LogP contribution is -2.49. The van der Waals surface area contributed by atoms with Crippen LogP contribution in [-0.2, 0) is 4.79 Å². The standard InChI is InChI=1S/C25H26N2O3/c1-19-16-20(18-28)6-9-24(19)26-11-13-27(14-12-26)25(29)10-15-30-23-8-7-21-4-2-3-5-22(21)17-23/h2-9,16-18H,10-15H2,1H3. The summed E-state index contributed by atoms with van der Waals surface area (Å²) in [6.07, 6.45) is 1.24. The van der Waals surface area contributed by atoms with Crippen molar-refractivity contribution < 1.29 is 14.3 Å². The molecule has 0 N–H and O–H groups in total. The highest BCUT2D eigenvalue weighted by molar-refractivity contribution is 5.83. The van der Waals surface area contributed by atoms with E-state index in [9.17, 15) is 9.59 Å². The summed E-state index contributed by atoms with van der Waals surface area (Å²) in [5, 5.41) is 2.31. The van der Waals surface area contributed by atoms with E-state index >= 15 is 0 Å². The van der Waals surface area contributed by atoms with E-state index in [0.29, 0.717) is 31.7 Å². The number of carbonyl (C=O) groups is 2. The summed E-state index contributed by atoms with van der Waals surface area (Å²) in [6.45, 7) is 5.37. The van der Waals surface area contributed by atoms with Crippen LogP contribution in [-0.4, -0.2) is 49.9 Å². The monoisotopic (exact) mass is 402 g/mol. The van der Waals surface area contributed by atoms with Crippen molar-refractivity contribution in [3.05, 3.63) is 71.8 Å². The van der Waals surface area contributed by atoms with Crippen LogP contribution in [0.3, 0.4) is 0 Å². The fourth-order valence-corrected chi connectivity index (χ4v) is 3.98. The molecule has 0 bridgehead atoms. The molecule has 1 aliphatic heterocycles. The molecule has 0 spiro atoms. The number of anilines is 1. The zero-order valence-electron chi connectivity index (χ0n) is 17.2. The quantitative estimate of drug-likeness (QED) is 0.583. The highest BCUT2D eigenvalue weighted by Gasteiger charge is 2.22. The predicted molar refractivity (Wildman–Crippen MR) is 119 cm³/mol. The molecular weight excluding hydrogens is 376 g/mol. The lowest BCUT2D eigenvalue weighted by Gasteiger charge is -2.37. The van der Waals surface area contributed by atoms with E-state index in [0.717, 1.165) is 41.8 Å². The Morgan fingerprint density at radius 3 is 2.47 bits per heavy atom. The first-order valence-corrected chi connectivity index (χ1v) is 10.3. The van der Waals surface area contributed by atoms with Crippen molar-refractivity contribution in [2.24, 2.45) is 0 Å². The van der Waals surface area contributed by atoms with E-state index in [2.05, 4.69) is 17.0 Å². The lowest BCUT2D eigenvalue weighted by molar-refractivity contribution is -0.132. The maximum absolute atomic E-state index is 12.6. The number of ether oxygens (including phenoxy) is 1. The van der Waals surface area contributed by atoms with Crippen LogP contribution < -0.4 is 9.64 Å². The van der Waals surface area contributed by atoms with Crippen molar-refractivity contribution >= 4 is 28.7 Å². The van der Waals surface area contributed by atoms with Crippen LogP contribution in [0.2, 0.25) is 0 Å². The van der Waals surface area contributed by atoms with Gasteiger partial charge in [0, 0.05) is 37.4 Å². The second-order valence-electron chi connectivity index (χ2n) is 7.64. The molecule has 0 radical (unpaired) electrons. The molecule has 5 nitrogen and oxygen atoms in total. The molecule has 4 rings (SSSR count). The molecule has 154 valence electrons. The minimum Gasteiger partial charge on any atom is -0.493 e. The first-order chi connectivity index (χ1) is 14.6. The zero-order valence-corrected chi connectivity index (χ0v) is 17.2. The van der Waals surface area contributed by atoms with E-state index in [1.807, 2.05) is 60.4 Å². The van der Waals surface area contributed by atoms with E-state index in [1.165, 1.54) is 5.39 Å². The molecule has 1 amide bonds. The number of hydrogen-bond donors (Lipinski definition) is 0. The molecule has 5 heteroatoms. The number of fused-ring (bicyclic) bond motifs is 1. The first kappa shape index (κ1) is 20.0. The average Bonchev–Trinajstić information content (AvgIpc) is 2.79.